The molecule has 2 aliphatic rings. The largest absolute Gasteiger partial charge is 0.393 e. The molecule has 2 fully saturated rings. The predicted molar refractivity (Wildman–Crippen MR) is 135 cm³/mol. The van der Waals surface area contributed by atoms with E-state index in [1.54, 1.807) is 42.4 Å². The van der Waals surface area contributed by atoms with Gasteiger partial charge in [0.2, 0.25) is 5.91 Å². The molecule has 1 aliphatic heterocycles. The first-order valence-corrected chi connectivity index (χ1v) is 12.1. The van der Waals surface area contributed by atoms with Crippen molar-refractivity contribution in [1.29, 1.82) is 0 Å². The van der Waals surface area contributed by atoms with Crippen LogP contribution in [0.25, 0.3) is 6.08 Å². The Morgan fingerprint density at radius 3 is 2.60 bits per heavy atom. The maximum absolute atomic E-state index is 13.9. The van der Waals surface area contributed by atoms with Crippen LogP contribution in [0.3, 0.4) is 0 Å². The summed E-state index contributed by atoms with van der Waals surface area (Å²) in [6, 6.07) is 2.83. The third-order valence-electron chi connectivity index (χ3n) is 6.88. The number of benzene rings is 1. The molecule has 0 radical (unpaired) electrons. The first kappa shape index (κ1) is 26.9. The van der Waals surface area contributed by atoms with Crippen LogP contribution in [0.1, 0.15) is 63.0 Å². The van der Waals surface area contributed by atoms with E-state index in [1.807, 2.05) is 6.92 Å². The molecule has 1 aromatic rings. The van der Waals surface area contributed by atoms with Crippen LogP contribution in [0.2, 0.25) is 0 Å². The second-order valence-corrected chi connectivity index (χ2v) is 9.59. The average Bonchev–Trinajstić information content (AvgIpc) is 2.79. The molecule has 192 valence electrons. The summed E-state index contributed by atoms with van der Waals surface area (Å²) in [6.45, 7) is 5.47. The van der Waals surface area contributed by atoms with E-state index < -0.39 is 29.6 Å². The summed E-state index contributed by atoms with van der Waals surface area (Å²) in [5, 5.41) is 13.5. The maximum atomic E-state index is 13.9. The van der Waals surface area contributed by atoms with E-state index >= 15 is 0 Å². The summed E-state index contributed by atoms with van der Waals surface area (Å²) in [6.07, 6.45) is 4.36. The van der Waals surface area contributed by atoms with Crippen LogP contribution in [-0.4, -0.2) is 61.9 Å². The molecular weight excluding hydrogens is 457 g/mol. The standard InChI is InChI=1S/C26H35F3N4O2/c1-4-8-21-22(10-9-18(15-30-2)24(21)31-3)33-16-19(26(27,28)29)13-20(17-33)32-23(34)14-25(35)11-6-5-7-12-25/h4,8-10,15,19-20,35H,3,5-7,11-14,16-17H2,1-2H3,(H,32,34)/b8-4-,30-15-. The van der Waals surface area contributed by atoms with Crippen molar-refractivity contribution < 1.29 is 23.1 Å². The number of aliphatic hydroxyl groups is 1. The first-order valence-electron chi connectivity index (χ1n) is 12.1. The Bertz CT molecular complexity index is 968. The number of anilines is 1. The number of nitrogens with one attached hydrogen (secondary N) is 1. The van der Waals surface area contributed by atoms with Gasteiger partial charge in [0.1, 0.15) is 0 Å². The number of alkyl halides is 3. The van der Waals surface area contributed by atoms with Gasteiger partial charge in [0, 0.05) is 49.2 Å². The molecule has 1 saturated carbocycles. The number of aliphatic imine (C=N–C) groups is 2. The Labute approximate surface area is 205 Å². The predicted octanol–water partition coefficient (Wildman–Crippen LogP) is 5.06. The lowest BCUT2D eigenvalue weighted by Crippen LogP contribution is -2.54. The number of piperidine rings is 1. The highest BCUT2D eigenvalue weighted by Crippen LogP contribution is 2.39. The van der Waals surface area contributed by atoms with Crippen molar-refractivity contribution in [3.05, 3.63) is 29.3 Å². The van der Waals surface area contributed by atoms with Gasteiger partial charge in [-0.05, 0) is 45.0 Å². The summed E-state index contributed by atoms with van der Waals surface area (Å²) >= 11 is 0. The highest BCUT2D eigenvalue weighted by Gasteiger charge is 2.45. The molecule has 2 atom stereocenters. The van der Waals surface area contributed by atoms with Crippen LogP contribution in [0, 0.1) is 5.92 Å². The molecule has 1 amide bonds. The van der Waals surface area contributed by atoms with E-state index in [0.29, 0.717) is 35.3 Å². The fraction of sp³-hybridized carbons (Fsp3) is 0.577. The van der Waals surface area contributed by atoms with Crippen LogP contribution in [-0.2, 0) is 4.79 Å². The first-order chi connectivity index (χ1) is 16.6. The molecule has 35 heavy (non-hydrogen) atoms. The SMILES string of the molecule is C=Nc1c(/C=N\C)ccc(N2CC(NC(=O)CC3(O)CCCCC3)CC(C(F)(F)F)C2)c1/C=C\C. The molecular formula is C26H35F3N4O2. The molecule has 9 heteroatoms. The van der Waals surface area contributed by atoms with Crippen molar-refractivity contribution in [1.82, 2.24) is 5.32 Å². The molecule has 0 bridgehead atoms. The highest BCUT2D eigenvalue weighted by atomic mass is 19.4. The Balaban J connectivity index is 1.89. The Morgan fingerprint density at radius 2 is 2.00 bits per heavy atom. The van der Waals surface area contributed by atoms with Gasteiger partial charge in [-0.15, -0.1) is 0 Å². The van der Waals surface area contributed by atoms with Crippen molar-refractivity contribution in [3.63, 3.8) is 0 Å². The minimum atomic E-state index is -4.40. The second-order valence-electron chi connectivity index (χ2n) is 9.59. The van der Waals surface area contributed by atoms with Crippen molar-refractivity contribution in [2.45, 2.75) is 69.7 Å². The third kappa shape index (κ3) is 6.72. The number of nitrogens with zero attached hydrogens (tertiary/aromatic N) is 3. The van der Waals surface area contributed by atoms with E-state index in [4.69, 9.17) is 0 Å². The van der Waals surface area contributed by atoms with Crippen LogP contribution in [0.4, 0.5) is 24.5 Å². The number of carbonyl (C=O) groups is 1. The fourth-order valence-electron chi connectivity index (χ4n) is 5.24. The van der Waals surface area contributed by atoms with Crippen molar-refractivity contribution >= 4 is 36.3 Å². The number of carbonyl (C=O) groups excluding carboxylic acids is 1. The Hall–Kier alpha value is -2.68. The third-order valence-corrected chi connectivity index (χ3v) is 6.88. The summed E-state index contributed by atoms with van der Waals surface area (Å²) in [5.41, 5.74) is 1.44. The highest BCUT2D eigenvalue weighted by molar-refractivity contribution is 5.93. The van der Waals surface area contributed by atoms with Gasteiger partial charge in [-0.1, -0.05) is 31.4 Å². The molecule has 1 heterocycles. The maximum Gasteiger partial charge on any atom is 0.393 e. The van der Waals surface area contributed by atoms with Crippen LogP contribution < -0.4 is 10.2 Å². The lowest BCUT2D eigenvalue weighted by Gasteiger charge is -2.41. The Kier molecular flexibility index (Phi) is 8.74. The number of hydrogen-bond donors (Lipinski definition) is 2. The summed E-state index contributed by atoms with van der Waals surface area (Å²) < 4.78 is 41.7. The van der Waals surface area contributed by atoms with Gasteiger partial charge in [0.25, 0.3) is 0 Å². The quantitative estimate of drug-likeness (QED) is 0.523. The number of amides is 1. The molecule has 3 rings (SSSR count). The minimum absolute atomic E-state index is 0.0837. The normalized spacial score (nSPS) is 23.1. The Morgan fingerprint density at radius 1 is 1.29 bits per heavy atom. The van der Waals surface area contributed by atoms with Gasteiger partial charge in [-0.25, -0.2) is 0 Å². The number of hydrogen-bond acceptors (Lipinski definition) is 5. The lowest BCUT2D eigenvalue weighted by molar-refractivity contribution is -0.178. The molecule has 6 nitrogen and oxygen atoms in total. The molecule has 1 saturated heterocycles. The average molecular weight is 493 g/mol. The molecule has 1 aliphatic carbocycles. The molecule has 2 N–H and O–H groups in total. The number of halogens is 3. The van der Waals surface area contributed by atoms with Gasteiger partial charge >= 0.3 is 6.18 Å². The molecule has 0 aromatic heterocycles. The zero-order valence-corrected chi connectivity index (χ0v) is 20.4. The van der Waals surface area contributed by atoms with Crippen LogP contribution >= 0.6 is 0 Å². The smallest absolute Gasteiger partial charge is 0.389 e. The zero-order valence-electron chi connectivity index (χ0n) is 20.4. The molecule has 2 unspecified atom stereocenters. The second kappa shape index (κ2) is 11.4. The van der Waals surface area contributed by atoms with Crippen molar-refractivity contribution in [2.24, 2.45) is 15.9 Å². The van der Waals surface area contributed by atoms with Gasteiger partial charge < -0.3 is 15.3 Å². The van der Waals surface area contributed by atoms with Gasteiger partial charge in [-0.3, -0.25) is 14.8 Å². The van der Waals surface area contributed by atoms with Crippen LogP contribution in [0.15, 0.2) is 28.2 Å². The fourth-order valence-corrected chi connectivity index (χ4v) is 5.24. The topological polar surface area (TPSA) is 77.3 Å². The van der Waals surface area contributed by atoms with Crippen LogP contribution in [0.5, 0.6) is 0 Å². The summed E-state index contributed by atoms with van der Waals surface area (Å²) in [4.78, 5) is 22.6. The monoisotopic (exact) mass is 492 g/mol. The van der Waals surface area contributed by atoms with E-state index in [1.165, 1.54) is 0 Å². The van der Waals surface area contributed by atoms with Crippen molar-refractivity contribution in [2.75, 3.05) is 25.0 Å². The van der Waals surface area contributed by atoms with Gasteiger partial charge in [0.15, 0.2) is 0 Å². The summed E-state index contributed by atoms with van der Waals surface area (Å²) in [7, 11) is 1.63. The summed E-state index contributed by atoms with van der Waals surface area (Å²) in [5.74, 6) is -2.01. The molecule has 0 spiro atoms. The molecule has 1 aromatic carbocycles. The van der Waals surface area contributed by atoms with E-state index in [0.717, 1.165) is 19.3 Å². The van der Waals surface area contributed by atoms with Gasteiger partial charge in [0.05, 0.1) is 23.6 Å². The minimum Gasteiger partial charge on any atom is -0.389 e. The lowest BCUT2D eigenvalue weighted by atomic mass is 9.82. The van der Waals surface area contributed by atoms with E-state index in [2.05, 4.69) is 22.0 Å². The zero-order chi connectivity index (χ0) is 25.6. The van der Waals surface area contributed by atoms with E-state index in [-0.39, 0.29) is 25.9 Å². The van der Waals surface area contributed by atoms with Gasteiger partial charge in [-0.2, -0.15) is 13.2 Å². The number of allylic oxidation sites excluding steroid dienone is 1. The number of rotatable bonds is 7. The van der Waals surface area contributed by atoms with Crippen molar-refractivity contribution in [3.8, 4) is 0 Å². The van der Waals surface area contributed by atoms with E-state index in [9.17, 15) is 23.1 Å².